The van der Waals surface area contributed by atoms with Gasteiger partial charge in [0.25, 0.3) is 0 Å². The Morgan fingerprint density at radius 3 is 2.68 bits per heavy atom. The van der Waals surface area contributed by atoms with E-state index in [0.717, 1.165) is 68.9 Å². The van der Waals surface area contributed by atoms with E-state index >= 15 is 0 Å². The monoisotopic (exact) mass is 445 g/mol. The minimum absolute atomic E-state index is 0.110. The molecule has 0 atom stereocenters. The number of anilines is 1. The van der Waals surface area contributed by atoms with Crippen LogP contribution in [0, 0.1) is 6.92 Å². The molecule has 0 amide bonds. The predicted molar refractivity (Wildman–Crippen MR) is 117 cm³/mol. The molecule has 0 spiro atoms. The number of aryl methyl sites for hydroxylation is 4. The normalized spacial score (nSPS) is 17.7. The summed E-state index contributed by atoms with van der Waals surface area (Å²) in [5.74, 6) is 3.19. The second kappa shape index (κ2) is 8.63. The van der Waals surface area contributed by atoms with Crippen LogP contribution in [0.1, 0.15) is 43.0 Å². The van der Waals surface area contributed by atoms with Gasteiger partial charge in [0.2, 0.25) is 5.95 Å². The van der Waals surface area contributed by atoms with Gasteiger partial charge in [-0.15, -0.1) is 5.10 Å². The average molecular weight is 446 g/mol. The van der Waals surface area contributed by atoms with Crippen molar-refractivity contribution in [3.63, 3.8) is 0 Å². The van der Waals surface area contributed by atoms with Crippen LogP contribution in [0.2, 0.25) is 5.02 Å². The number of ether oxygens (including phenoxy) is 2. The molecule has 2 aliphatic rings. The second-order valence-electron chi connectivity index (χ2n) is 8.28. The maximum absolute atomic E-state index is 6.46. The van der Waals surface area contributed by atoms with Crippen LogP contribution in [-0.2, 0) is 24.6 Å². The van der Waals surface area contributed by atoms with E-state index in [4.69, 9.17) is 36.1 Å². The van der Waals surface area contributed by atoms with E-state index in [1.165, 1.54) is 12.8 Å². The zero-order valence-electron chi connectivity index (χ0n) is 18.1. The fourth-order valence-electron chi connectivity index (χ4n) is 4.19. The highest BCUT2D eigenvalue weighted by atomic mass is 35.5. The fourth-order valence-corrected chi connectivity index (χ4v) is 4.37. The quantitative estimate of drug-likeness (QED) is 0.576. The number of halogens is 1. The molecule has 9 nitrogen and oxygen atoms in total. The molecule has 31 heavy (non-hydrogen) atoms. The third-order valence-corrected chi connectivity index (χ3v) is 6.44. The van der Waals surface area contributed by atoms with Crippen LogP contribution in [0.4, 0.5) is 5.95 Å². The molecule has 166 valence electrons. The molecule has 2 fully saturated rings. The van der Waals surface area contributed by atoms with E-state index in [9.17, 15) is 0 Å². The summed E-state index contributed by atoms with van der Waals surface area (Å²) in [7, 11) is 1.95. The van der Waals surface area contributed by atoms with Gasteiger partial charge in [0.15, 0.2) is 17.2 Å². The molecule has 0 aromatic carbocycles. The largest absolute Gasteiger partial charge is 0.486 e. The lowest BCUT2D eigenvalue weighted by molar-refractivity contribution is 0.0259. The number of hydrogen-bond acceptors (Lipinski definition) is 7. The SMILES string of the molecule is Cc1c(Cl)cc(OC2CCOCC2)c2nc(CCc3nc(N4CCCC4)nn3C)nn12. The number of rotatable bonds is 6. The van der Waals surface area contributed by atoms with Crippen molar-refractivity contribution in [2.75, 3.05) is 31.2 Å². The first-order valence-corrected chi connectivity index (χ1v) is 11.4. The average Bonchev–Trinajstić information content (AvgIpc) is 3.51. The Morgan fingerprint density at radius 2 is 1.90 bits per heavy atom. The van der Waals surface area contributed by atoms with Crippen LogP contribution in [-0.4, -0.2) is 61.8 Å². The molecule has 0 aliphatic carbocycles. The van der Waals surface area contributed by atoms with E-state index in [-0.39, 0.29) is 6.10 Å². The summed E-state index contributed by atoms with van der Waals surface area (Å²) in [4.78, 5) is 11.8. The smallest absolute Gasteiger partial charge is 0.244 e. The molecule has 5 heterocycles. The molecule has 5 rings (SSSR count). The minimum Gasteiger partial charge on any atom is -0.486 e. The summed E-state index contributed by atoms with van der Waals surface area (Å²) in [5, 5.41) is 9.91. The summed E-state index contributed by atoms with van der Waals surface area (Å²) in [6, 6.07) is 1.85. The molecular formula is C21H28ClN7O2. The number of aromatic nitrogens is 6. The first kappa shape index (κ1) is 20.5. The van der Waals surface area contributed by atoms with Gasteiger partial charge < -0.3 is 14.4 Å². The Kier molecular flexibility index (Phi) is 5.71. The molecule has 2 saturated heterocycles. The van der Waals surface area contributed by atoms with Crippen LogP contribution >= 0.6 is 11.6 Å². The van der Waals surface area contributed by atoms with E-state index < -0.39 is 0 Å². The molecule has 0 radical (unpaired) electrons. The molecule has 0 bridgehead atoms. The van der Waals surface area contributed by atoms with Gasteiger partial charge in [0.05, 0.1) is 23.9 Å². The van der Waals surface area contributed by atoms with Gasteiger partial charge in [0.1, 0.15) is 11.9 Å². The molecule has 10 heteroatoms. The van der Waals surface area contributed by atoms with E-state index in [2.05, 4.69) is 10.00 Å². The number of pyridine rings is 1. The van der Waals surface area contributed by atoms with Gasteiger partial charge in [0, 0.05) is 51.9 Å². The Morgan fingerprint density at radius 1 is 1.13 bits per heavy atom. The molecule has 2 aliphatic heterocycles. The summed E-state index contributed by atoms with van der Waals surface area (Å²) in [6.07, 6.45) is 5.64. The predicted octanol–water partition coefficient (Wildman–Crippen LogP) is 2.76. The number of nitrogens with zero attached hydrogens (tertiary/aromatic N) is 7. The van der Waals surface area contributed by atoms with Crippen molar-refractivity contribution in [1.29, 1.82) is 0 Å². The number of fused-ring (bicyclic) bond motifs is 1. The summed E-state index contributed by atoms with van der Waals surface area (Å²) in [6.45, 7) is 5.45. The highest BCUT2D eigenvalue weighted by Crippen LogP contribution is 2.29. The third-order valence-electron chi connectivity index (χ3n) is 6.06. The van der Waals surface area contributed by atoms with Crippen LogP contribution in [0.15, 0.2) is 6.07 Å². The van der Waals surface area contributed by atoms with Gasteiger partial charge in [-0.1, -0.05) is 11.6 Å². The zero-order chi connectivity index (χ0) is 21.4. The second-order valence-corrected chi connectivity index (χ2v) is 8.69. The highest BCUT2D eigenvalue weighted by molar-refractivity contribution is 6.31. The molecule has 3 aromatic rings. The van der Waals surface area contributed by atoms with Gasteiger partial charge in [-0.3, -0.25) is 4.68 Å². The van der Waals surface area contributed by atoms with E-state index in [1.54, 1.807) is 4.52 Å². The third kappa shape index (κ3) is 4.21. The van der Waals surface area contributed by atoms with Crippen molar-refractivity contribution in [3.05, 3.63) is 28.4 Å². The Bertz CT molecular complexity index is 1070. The van der Waals surface area contributed by atoms with E-state index in [1.807, 2.05) is 24.7 Å². The van der Waals surface area contributed by atoms with Crippen molar-refractivity contribution < 1.29 is 9.47 Å². The van der Waals surface area contributed by atoms with Crippen LogP contribution in [0.25, 0.3) is 5.65 Å². The van der Waals surface area contributed by atoms with Crippen molar-refractivity contribution >= 4 is 23.2 Å². The molecule has 0 saturated carbocycles. The Labute approximate surface area is 186 Å². The van der Waals surface area contributed by atoms with Crippen molar-refractivity contribution in [3.8, 4) is 5.75 Å². The first-order chi connectivity index (χ1) is 15.1. The number of hydrogen-bond donors (Lipinski definition) is 0. The van der Waals surface area contributed by atoms with Gasteiger partial charge in [-0.25, -0.2) is 9.50 Å². The summed E-state index contributed by atoms with van der Waals surface area (Å²) >= 11 is 6.46. The van der Waals surface area contributed by atoms with Gasteiger partial charge >= 0.3 is 0 Å². The van der Waals surface area contributed by atoms with Crippen molar-refractivity contribution in [2.24, 2.45) is 7.05 Å². The standard InChI is InChI=1S/C21H28ClN7O2/c1-14-16(22)13-17(31-15-7-11-30-12-8-15)20-23-18(25-29(14)20)5-6-19-24-21(26-27(19)2)28-9-3-4-10-28/h13,15H,3-12H2,1-2H3. The van der Waals surface area contributed by atoms with Gasteiger partial charge in [-0.05, 0) is 19.8 Å². The lowest BCUT2D eigenvalue weighted by atomic mass is 10.1. The highest BCUT2D eigenvalue weighted by Gasteiger charge is 2.21. The first-order valence-electron chi connectivity index (χ1n) is 11.0. The zero-order valence-corrected chi connectivity index (χ0v) is 18.8. The molecule has 0 N–H and O–H groups in total. The van der Waals surface area contributed by atoms with Gasteiger partial charge in [-0.2, -0.15) is 10.1 Å². The Balaban J connectivity index is 1.35. The molecule has 3 aromatic heterocycles. The van der Waals surface area contributed by atoms with Crippen molar-refractivity contribution in [1.82, 2.24) is 29.4 Å². The topological polar surface area (TPSA) is 82.6 Å². The minimum atomic E-state index is 0.110. The maximum Gasteiger partial charge on any atom is 0.244 e. The fraction of sp³-hybridized carbons (Fsp3) is 0.619. The summed E-state index contributed by atoms with van der Waals surface area (Å²) in [5.41, 5.74) is 1.56. The summed E-state index contributed by atoms with van der Waals surface area (Å²) < 4.78 is 15.3. The lowest BCUT2D eigenvalue weighted by Crippen LogP contribution is -2.26. The van der Waals surface area contributed by atoms with E-state index in [0.29, 0.717) is 22.8 Å². The van der Waals surface area contributed by atoms with Crippen LogP contribution in [0.3, 0.4) is 0 Å². The van der Waals surface area contributed by atoms with Crippen molar-refractivity contribution in [2.45, 2.75) is 51.6 Å². The maximum atomic E-state index is 6.46. The lowest BCUT2D eigenvalue weighted by Gasteiger charge is -2.23. The van der Waals surface area contributed by atoms with Crippen LogP contribution < -0.4 is 9.64 Å². The molecule has 0 unspecified atom stereocenters. The Hall–Kier alpha value is -2.39. The molecular weight excluding hydrogens is 418 g/mol. The van der Waals surface area contributed by atoms with Crippen LogP contribution in [0.5, 0.6) is 5.75 Å².